The van der Waals surface area contributed by atoms with Gasteiger partial charge in [-0.15, -0.1) is 0 Å². The lowest BCUT2D eigenvalue weighted by Gasteiger charge is -2.22. The van der Waals surface area contributed by atoms with Gasteiger partial charge in [0.15, 0.2) is 12.4 Å². The molecule has 0 aromatic heterocycles. The third-order valence-corrected chi connectivity index (χ3v) is 6.47. The standard InChI is InChI=1S/C19H25NO5S/c1-13-10-16-11-15(8-9-17(16)20(13)26(2,23)24)18(21)12-25-19(22)14-6-4-3-5-7-14/h8-9,11,13-14H,3-7,10,12H2,1-2H3/t13-/m0/s1. The van der Waals surface area contributed by atoms with Gasteiger partial charge in [-0.05, 0) is 49.9 Å². The highest BCUT2D eigenvalue weighted by Crippen LogP contribution is 2.34. The molecule has 1 aliphatic carbocycles. The van der Waals surface area contributed by atoms with Crippen LogP contribution in [0.15, 0.2) is 18.2 Å². The summed E-state index contributed by atoms with van der Waals surface area (Å²) in [5, 5.41) is 0. The first-order chi connectivity index (χ1) is 12.3. The molecule has 0 radical (unpaired) electrons. The molecular weight excluding hydrogens is 354 g/mol. The van der Waals surface area contributed by atoms with Crippen LogP contribution in [0.4, 0.5) is 5.69 Å². The monoisotopic (exact) mass is 379 g/mol. The fraction of sp³-hybridized carbons (Fsp3) is 0.579. The van der Waals surface area contributed by atoms with Gasteiger partial charge >= 0.3 is 5.97 Å². The Morgan fingerprint density at radius 3 is 2.54 bits per heavy atom. The minimum Gasteiger partial charge on any atom is -0.457 e. The zero-order valence-corrected chi connectivity index (χ0v) is 16.0. The third kappa shape index (κ3) is 3.92. The molecule has 1 saturated carbocycles. The Bertz CT molecular complexity index is 811. The summed E-state index contributed by atoms with van der Waals surface area (Å²) in [6.07, 6.45) is 6.64. The van der Waals surface area contributed by atoms with E-state index in [1.165, 1.54) is 10.6 Å². The van der Waals surface area contributed by atoms with Crippen molar-refractivity contribution in [2.45, 2.75) is 51.5 Å². The van der Waals surface area contributed by atoms with E-state index in [1.807, 2.05) is 6.92 Å². The van der Waals surface area contributed by atoms with Crippen molar-refractivity contribution in [1.82, 2.24) is 0 Å². The number of anilines is 1. The van der Waals surface area contributed by atoms with Gasteiger partial charge < -0.3 is 4.74 Å². The average Bonchev–Trinajstić information content (AvgIpc) is 2.95. The van der Waals surface area contributed by atoms with Gasteiger partial charge in [-0.1, -0.05) is 19.3 Å². The summed E-state index contributed by atoms with van der Waals surface area (Å²) in [4.78, 5) is 24.5. The fourth-order valence-electron chi connectivity index (χ4n) is 3.96. The fourth-order valence-corrected chi connectivity index (χ4v) is 5.22. The van der Waals surface area contributed by atoms with E-state index in [-0.39, 0.29) is 30.3 Å². The molecule has 0 N–H and O–H groups in total. The van der Waals surface area contributed by atoms with Gasteiger partial charge in [-0.3, -0.25) is 13.9 Å². The smallest absolute Gasteiger partial charge is 0.309 e. The highest BCUT2D eigenvalue weighted by molar-refractivity contribution is 7.92. The molecule has 6 nitrogen and oxygen atoms in total. The SMILES string of the molecule is C[C@H]1Cc2cc(C(=O)COC(=O)C3CCCCC3)ccc2N1S(C)(=O)=O. The van der Waals surface area contributed by atoms with Crippen LogP contribution in [-0.2, 0) is 26.0 Å². The summed E-state index contributed by atoms with van der Waals surface area (Å²) >= 11 is 0. The molecule has 3 rings (SSSR count). The van der Waals surface area contributed by atoms with E-state index >= 15 is 0 Å². The maximum absolute atomic E-state index is 12.4. The molecule has 1 fully saturated rings. The van der Waals surface area contributed by atoms with Gasteiger partial charge in [-0.2, -0.15) is 0 Å². The van der Waals surface area contributed by atoms with Crippen LogP contribution in [0.5, 0.6) is 0 Å². The minimum atomic E-state index is -3.35. The number of ketones is 1. The number of nitrogens with zero attached hydrogens (tertiary/aromatic N) is 1. The molecule has 142 valence electrons. The van der Waals surface area contributed by atoms with Crippen LogP contribution in [0, 0.1) is 5.92 Å². The van der Waals surface area contributed by atoms with Gasteiger partial charge in [0, 0.05) is 11.6 Å². The number of fused-ring (bicyclic) bond motifs is 1. The Labute approximate surface area is 154 Å². The molecule has 0 saturated heterocycles. The lowest BCUT2D eigenvalue weighted by Crippen LogP contribution is -2.34. The molecule has 0 bridgehead atoms. The first-order valence-corrected chi connectivity index (χ1v) is 10.9. The molecule has 1 aromatic carbocycles. The maximum atomic E-state index is 12.4. The zero-order valence-electron chi connectivity index (χ0n) is 15.2. The second-order valence-electron chi connectivity index (χ2n) is 7.32. The molecule has 0 spiro atoms. The van der Waals surface area contributed by atoms with Gasteiger partial charge in [0.2, 0.25) is 10.0 Å². The second kappa shape index (κ2) is 7.39. The molecule has 1 heterocycles. The molecule has 26 heavy (non-hydrogen) atoms. The van der Waals surface area contributed by atoms with Crippen LogP contribution in [-0.4, -0.2) is 39.1 Å². The van der Waals surface area contributed by atoms with Crippen LogP contribution in [0.25, 0.3) is 0 Å². The number of hydrogen-bond donors (Lipinski definition) is 0. The lowest BCUT2D eigenvalue weighted by molar-refractivity contribution is -0.148. The predicted molar refractivity (Wildman–Crippen MR) is 98.8 cm³/mol. The van der Waals surface area contributed by atoms with Crippen molar-refractivity contribution < 1.29 is 22.7 Å². The van der Waals surface area contributed by atoms with E-state index < -0.39 is 10.0 Å². The normalized spacial score (nSPS) is 20.7. The van der Waals surface area contributed by atoms with E-state index in [0.29, 0.717) is 17.7 Å². The van der Waals surface area contributed by atoms with Crippen molar-refractivity contribution >= 4 is 27.5 Å². The van der Waals surface area contributed by atoms with Crippen molar-refractivity contribution in [2.24, 2.45) is 5.92 Å². The lowest BCUT2D eigenvalue weighted by atomic mass is 9.89. The van der Waals surface area contributed by atoms with Crippen molar-refractivity contribution in [3.8, 4) is 0 Å². The van der Waals surface area contributed by atoms with Crippen LogP contribution in [0.1, 0.15) is 54.9 Å². The molecule has 1 aliphatic heterocycles. The molecule has 1 atom stereocenters. The highest BCUT2D eigenvalue weighted by Gasteiger charge is 2.33. The Balaban J connectivity index is 1.66. The number of carbonyl (C=O) groups excluding carboxylic acids is 2. The summed E-state index contributed by atoms with van der Waals surface area (Å²) in [5.41, 5.74) is 1.89. The van der Waals surface area contributed by atoms with Crippen molar-refractivity contribution in [3.05, 3.63) is 29.3 Å². The molecular formula is C19H25NO5S. The summed E-state index contributed by atoms with van der Waals surface area (Å²) in [6.45, 7) is 1.58. The van der Waals surface area contributed by atoms with Crippen molar-refractivity contribution in [1.29, 1.82) is 0 Å². The molecule has 0 amide bonds. The van der Waals surface area contributed by atoms with Crippen LogP contribution >= 0.6 is 0 Å². The van der Waals surface area contributed by atoms with E-state index in [4.69, 9.17) is 4.74 Å². The highest BCUT2D eigenvalue weighted by atomic mass is 32.2. The number of ether oxygens (including phenoxy) is 1. The molecule has 1 aromatic rings. The first kappa shape index (κ1) is 18.9. The number of rotatable bonds is 5. The topological polar surface area (TPSA) is 80.8 Å². The summed E-state index contributed by atoms with van der Waals surface area (Å²) in [5.74, 6) is -0.626. The predicted octanol–water partition coefficient (Wildman–Crippen LogP) is 2.70. The molecule has 7 heteroatoms. The summed E-state index contributed by atoms with van der Waals surface area (Å²) < 4.78 is 30.5. The van der Waals surface area contributed by atoms with E-state index in [2.05, 4.69) is 0 Å². The number of esters is 1. The van der Waals surface area contributed by atoms with Crippen molar-refractivity contribution in [2.75, 3.05) is 17.2 Å². The van der Waals surface area contributed by atoms with Crippen LogP contribution in [0.2, 0.25) is 0 Å². The Kier molecular flexibility index (Phi) is 5.37. The third-order valence-electron chi connectivity index (χ3n) is 5.20. The number of Topliss-reactive ketones (excluding diaryl/α,β-unsaturated/α-hetero) is 1. The molecule has 0 unspecified atom stereocenters. The number of sulfonamides is 1. The minimum absolute atomic E-state index is 0.0826. The van der Waals surface area contributed by atoms with Gasteiger partial charge in [-0.25, -0.2) is 8.42 Å². The van der Waals surface area contributed by atoms with E-state index in [1.54, 1.807) is 18.2 Å². The van der Waals surface area contributed by atoms with Gasteiger partial charge in [0.05, 0.1) is 17.9 Å². The number of benzene rings is 1. The molecule has 2 aliphatic rings. The largest absolute Gasteiger partial charge is 0.457 e. The first-order valence-electron chi connectivity index (χ1n) is 9.09. The summed E-state index contributed by atoms with van der Waals surface area (Å²) in [6, 6.07) is 4.81. The average molecular weight is 379 g/mol. The Hall–Kier alpha value is -1.89. The quantitative estimate of drug-likeness (QED) is 0.580. The zero-order chi connectivity index (χ0) is 18.9. The van der Waals surface area contributed by atoms with Crippen LogP contribution < -0.4 is 4.31 Å². The van der Waals surface area contributed by atoms with Crippen LogP contribution in [0.3, 0.4) is 0 Å². The maximum Gasteiger partial charge on any atom is 0.309 e. The van der Waals surface area contributed by atoms with E-state index in [9.17, 15) is 18.0 Å². The second-order valence-corrected chi connectivity index (χ2v) is 9.18. The van der Waals surface area contributed by atoms with E-state index in [0.717, 1.165) is 37.7 Å². The summed E-state index contributed by atoms with van der Waals surface area (Å²) in [7, 11) is -3.35. The van der Waals surface area contributed by atoms with Gasteiger partial charge in [0.25, 0.3) is 0 Å². The van der Waals surface area contributed by atoms with Crippen molar-refractivity contribution in [3.63, 3.8) is 0 Å². The Morgan fingerprint density at radius 2 is 1.88 bits per heavy atom. The number of hydrogen-bond acceptors (Lipinski definition) is 5. The number of carbonyl (C=O) groups is 2. The Morgan fingerprint density at radius 1 is 1.19 bits per heavy atom. The van der Waals surface area contributed by atoms with Gasteiger partial charge in [0.1, 0.15) is 0 Å².